The van der Waals surface area contributed by atoms with Crippen molar-refractivity contribution in [1.82, 2.24) is 15.1 Å². The molecule has 0 saturated carbocycles. The molecule has 0 radical (unpaired) electrons. The summed E-state index contributed by atoms with van der Waals surface area (Å²) in [5, 5.41) is 7.16. The number of nitrogens with zero attached hydrogens (tertiary/aromatic N) is 2. The molecule has 1 aromatic carbocycles. The molecule has 1 heterocycles. The second-order valence-corrected chi connectivity index (χ2v) is 6.13. The third-order valence-electron chi connectivity index (χ3n) is 3.85. The summed E-state index contributed by atoms with van der Waals surface area (Å²) in [5.41, 5.74) is 2.23. The van der Waals surface area contributed by atoms with Gasteiger partial charge in [-0.3, -0.25) is 9.48 Å². The second kappa shape index (κ2) is 5.60. The van der Waals surface area contributed by atoms with Crippen LogP contribution in [0.5, 0.6) is 0 Å². The van der Waals surface area contributed by atoms with E-state index in [-0.39, 0.29) is 11.6 Å². The van der Waals surface area contributed by atoms with Crippen LogP contribution in [0, 0.1) is 5.82 Å². The highest BCUT2D eigenvalue weighted by Crippen LogP contribution is 2.29. The highest BCUT2D eigenvalue weighted by molar-refractivity contribution is 9.10. The zero-order valence-electron chi connectivity index (χ0n) is 11.6. The third-order valence-corrected chi connectivity index (χ3v) is 4.35. The van der Waals surface area contributed by atoms with Crippen LogP contribution in [0.1, 0.15) is 40.5 Å². The Morgan fingerprint density at radius 1 is 1.52 bits per heavy atom. The fraction of sp³-hybridized carbons (Fsp3) is 0.333. The number of hydrogen-bond donors (Lipinski definition) is 1. The number of amides is 1. The van der Waals surface area contributed by atoms with Gasteiger partial charge in [0.25, 0.3) is 5.91 Å². The maximum Gasteiger partial charge on any atom is 0.254 e. The Balaban J connectivity index is 1.84. The van der Waals surface area contributed by atoms with Crippen molar-refractivity contribution in [3.63, 3.8) is 0 Å². The number of aromatic nitrogens is 2. The first-order chi connectivity index (χ1) is 10.1. The van der Waals surface area contributed by atoms with E-state index in [1.54, 1.807) is 12.3 Å². The van der Waals surface area contributed by atoms with E-state index < -0.39 is 11.7 Å². The molecule has 0 fully saturated rings. The molecular weight excluding hydrogens is 337 g/mol. The molecule has 0 spiro atoms. The molecule has 110 valence electrons. The quantitative estimate of drug-likeness (QED) is 0.903. The molecule has 21 heavy (non-hydrogen) atoms. The lowest BCUT2D eigenvalue weighted by atomic mass is 9.92. The summed E-state index contributed by atoms with van der Waals surface area (Å²) in [6, 6.07) is 4.26. The number of fused-ring (bicyclic) bond motifs is 1. The Morgan fingerprint density at radius 2 is 2.33 bits per heavy atom. The molecule has 0 saturated heterocycles. The van der Waals surface area contributed by atoms with Crippen LogP contribution in [-0.2, 0) is 13.5 Å². The van der Waals surface area contributed by atoms with E-state index in [9.17, 15) is 9.18 Å². The van der Waals surface area contributed by atoms with Gasteiger partial charge in [0.2, 0.25) is 0 Å². The predicted octanol–water partition coefficient (Wildman–Crippen LogP) is 3.13. The summed E-state index contributed by atoms with van der Waals surface area (Å²) in [6.07, 6.45) is 4.58. The van der Waals surface area contributed by atoms with Crippen molar-refractivity contribution in [2.24, 2.45) is 7.05 Å². The zero-order valence-corrected chi connectivity index (χ0v) is 13.2. The summed E-state index contributed by atoms with van der Waals surface area (Å²) in [4.78, 5) is 12.3. The molecule has 2 aromatic rings. The number of benzene rings is 1. The Kier molecular flexibility index (Phi) is 3.80. The Hall–Kier alpha value is -1.69. The lowest BCUT2D eigenvalue weighted by molar-refractivity contribution is 0.0928. The van der Waals surface area contributed by atoms with E-state index in [2.05, 4.69) is 26.3 Å². The number of halogens is 2. The molecule has 1 aliphatic carbocycles. The number of hydrogen-bond acceptors (Lipinski definition) is 2. The summed E-state index contributed by atoms with van der Waals surface area (Å²) >= 11 is 3.26. The average Bonchev–Trinajstić information content (AvgIpc) is 2.84. The Bertz CT molecular complexity index is 698. The van der Waals surface area contributed by atoms with Crippen LogP contribution in [0.25, 0.3) is 0 Å². The van der Waals surface area contributed by atoms with Crippen molar-refractivity contribution in [3.05, 3.63) is 51.5 Å². The lowest BCUT2D eigenvalue weighted by Crippen LogP contribution is -2.31. The van der Waals surface area contributed by atoms with Gasteiger partial charge in [-0.1, -0.05) is 15.9 Å². The van der Waals surface area contributed by atoms with Crippen LogP contribution in [0.3, 0.4) is 0 Å². The average molecular weight is 352 g/mol. The fourth-order valence-corrected chi connectivity index (χ4v) is 3.12. The number of carbonyl (C=O) groups is 1. The summed E-state index contributed by atoms with van der Waals surface area (Å²) in [7, 11) is 1.90. The second-order valence-electron chi connectivity index (χ2n) is 5.21. The van der Waals surface area contributed by atoms with Crippen molar-refractivity contribution < 1.29 is 9.18 Å². The normalized spacial score (nSPS) is 17.4. The van der Waals surface area contributed by atoms with E-state index in [0.29, 0.717) is 4.47 Å². The Labute approximate surface area is 130 Å². The Morgan fingerprint density at radius 3 is 3.14 bits per heavy atom. The van der Waals surface area contributed by atoms with Crippen molar-refractivity contribution in [2.75, 3.05) is 0 Å². The number of rotatable bonds is 2. The van der Waals surface area contributed by atoms with Crippen LogP contribution in [0.2, 0.25) is 0 Å². The van der Waals surface area contributed by atoms with Crippen LogP contribution in [-0.4, -0.2) is 15.7 Å². The SMILES string of the molecule is Cn1ncc2c1CCCC2NC(=O)c1cc(Br)ccc1F. The minimum Gasteiger partial charge on any atom is -0.345 e. The molecule has 0 aliphatic heterocycles. The van der Waals surface area contributed by atoms with Crippen molar-refractivity contribution >= 4 is 21.8 Å². The van der Waals surface area contributed by atoms with E-state index in [1.165, 1.54) is 12.1 Å². The van der Waals surface area contributed by atoms with Gasteiger partial charge in [-0.15, -0.1) is 0 Å². The summed E-state index contributed by atoms with van der Waals surface area (Å²) < 4.78 is 16.3. The van der Waals surface area contributed by atoms with Gasteiger partial charge in [0.1, 0.15) is 5.82 Å². The van der Waals surface area contributed by atoms with Crippen LogP contribution in [0.4, 0.5) is 4.39 Å². The summed E-state index contributed by atoms with van der Waals surface area (Å²) in [6.45, 7) is 0. The molecule has 0 bridgehead atoms. The third kappa shape index (κ3) is 2.72. The highest BCUT2D eigenvalue weighted by atomic mass is 79.9. The van der Waals surface area contributed by atoms with Gasteiger partial charge in [0.05, 0.1) is 17.8 Å². The fourth-order valence-electron chi connectivity index (χ4n) is 2.76. The van der Waals surface area contributed by atoms with E-state index in [4.69, 9.17) is 0 Å². The predicted molar refractivity (Wildman–Crippen MR) is 80.5 cm³/mol. The minimum atomic E-state index is -0.516. The molecule has 1 atom stereocenters. The molecule has 4 nitrogen and oxygen atoms in total. The van der Waals surface area contributed by atoms with Gasteiger partial charge < -0.3 is 5.32 Å². The molecule has 3 rings (SSSR count). The zero-order chi connectivity index (χ0) is 15.0. The topological polar surface area (TPSA) is 46.9 Å². The number of aryl methyl sites for hydroxylation is 1. The first-order valence-electron chi connectivity index (χ1n) is 6.83. The molecule has 1 aromatic heterocycles. The van der Waals surface area contributed by atoms with Gasteiger partial charge in [0.15, 0.2) is 0 Å². The first kappa shape index (κ1) is 14.3. The van der Waals surface area contributed by atoms with E-state index in [0.717, 1.165) is 30.5 Å². The standard InChI is InChI=1S/C15H15BrFN3O/c1-20-14-4-2-3-13(11(14)8-18-20)19-15(21)10-7-9(16)5-6-12(10)17/h5-8,13H,2-4H2,1H3,(H,19,21). The maximum atomic E-state index is 13.8. The van der Waals surface area contributed by atoms with Crippen LogP contribution < -0.4 is 5.32 Å². The number of nitrogens with one attached hydrogen (secondary N) is 1. The van der Waals surface area contributed by atoms with Crippen LogP contribution in [0.15, 0.2) is 28.9 Å². The minimum absolute atomic E-state index is 0.0559. The van der Waals surface area contributed by atoms with E-state index >= 15 is 0 Å². The smallest absolute Gasteiger partial charge is 0.254 e. The molecule has 1 unspecified atom stereocenters. The molecule has 1 aliphatic rings. The van der Waals surface area contributed by atoms with Gasteiger partial charge in [-0.2, -0.15) is 5.10 Å². The lowest BCUT2D eigenvalue weighted by Gasteiger charge is -2.24. The first-order valence-corrected chi connectivity index (χ1v) is 7.62. The molecule has 1 N–H and O–H groups in total. The maximum absolute atomic E-state index is 13.8. The van der Waals surface area contributed by atoms with Crippen molar-refractivity contribution in [2.45, 2.75) is 25.3 Å². The molecule has 1 amide bonds. The van der Waals surface area contributed by atoms with Crippen LogP contribution >= 0.6 is 15.9 Å². The van der Waals surface area contributed by atoms with Gasteiger partial charge in [-0.05, 0) is 37.5 Å². The van der Waals surface area contributed by atoms with Crippen molar-refractivity contribution in [3.8, 4) is 0 Å². The monoisotopic (exact) mass is 351 g/mol. The molecule has 6 heteroatoms. The largest absolute Gasteiger partial charge is 0.345 e. The van der Waals surface area contributed by atoms with Gasteiger partial charge in [0, 0.05) is 22.8 Å². The van der Waals surface area contributed by atoms with E-state index in [1.807, 2.05) is 11.7 Å². The highest BCUT2D eigenvalue weighted by Gasteiger charge is 2.25. The summed E-state index contributed by atoms with van der Waals surface area (Å²) in [5.74, 6) is -0.909. The number of carbonyl (C=O) groups excluding carboxylic acids is 1. The van der Waals surface area contributed by atoms with Crippen molar-refractivity contribution in [1.29, 1.82) is 0 Å². The molecular formula is C15H15BrFN3O. The van der Waals surface area contributed by atoms with Gasteiger partial charge in [-0.25, -0.2) is 4.39 Å². The van der Waals surface area contributed by atoms with Gasteiger partial charge >= 0.3 is 0 Å².